The molecule has 0 atom stereocenters. The van der Waals surface area contributed by atoms with Gasteiger partial charge in [-0.15, -0.1) is 0 Å². The van der Waals surface area contributed by atoms with Crippen LogP contribution in [-0.4, -0.2) is 41.1 Å². The molecule has 0 unspecified atom stereocenters. The molecule has 0 amide bonds. The molecule has 1 aliphatic rings. The van der Waals surface area contributed by atoms with E-state index in [0.717, 1.165) is 50.1 Å². The van der Waals surface area contributed by atoms with Gasteiger partial charge in [-0.2, -0.15) is 0 Å². The highest BCUT2D eigenvalue weighted by Gasteiger charge is 2.18. The van der Waals surface area contributed by atoms with Gasteiger partial charge >= 0.3 is 5.63 Å². The second kappa shape index (κ2) is 8.17. The zero-order valence-electron chi connectivity index (χ0n) is 16.2. The van der Waals surface area contributed by atoms with E-state index in [2.05, 4.69) is 40.1 Å². The lowest BCUT2D eigenvalue weighted by Crippen LogP contribution is -2.30. The number of phenols is 1. The van der Waals surface area contributed by atoms with Crippen LogP contribution in [0.25, 0.3) is 11.0 Å². The number of fused-ring (bicyclic) bond motifs is 1. The highest BCUT2D eigenvalue weighted by Crippen LogP contribution is 2.28. The third kappa shape index (κ3) is 4.11. The van der Waals surface area contributed by atoms with Crippen molar-refractivity contribution in [2.45, 2.75) is 26.4 Å². The maximum atomic E-state index is 12.1. The van der Waals surface area contributed by atoms with Crippen LogP contribution in [0.2, 0.25) is 0 Å². The van der Waals surface area contributed by atoms with Crippen molar-refractivity contribution in [1.29, 1.82) is 0 Å². The van der Waals surface area contributed by atoms with Crippen LogP contribution >= 0.6 is 0 Å². The molecule has 1 saturated heterocycles. The molecule has 28 heavy (non-hydrogen) atoms. The fourth-order valence-corrected chi connectivity index (χ4v) is 3.97. The molecule has 146 valence electrons. The van der Waals surface area contributed by atoms with Crippen LogP contribution in [0, 0.1) is 6.92 Å². The van der Waals surface area contributed by atoms with Crippen molar-refractivity contribution in [1.82, 2.24) is 9.80 Å². The normalized spacial score (nSPS) is 16.3. The van der Waals surface area contributed by atoms with Gasteiger partial charge in [-0.1, -0.05) is 30.3 Å². The molecule has 4 rings (SSSR count). The molecule has 5 nitrogen and oxygen atoms in total. The van der Waals surface area contributed by atoms with Crippen LogP contribution in [-0.2, 0) is 13.1 Å². The molecule has 1 N–H and O–H groups in total. The third-order valence-corrected chi connectivity index (χ3v) is 5.54. The van der Waals surface area contributed by atoms with Gasteiger partial charge in [0.05, 0.1) is 0 Å². The first-order valence-corrected chi connectivity index (χ1v) is 9.84. The lowest BCUT2D eigenvalue weighted by atomic mass is 10.1. The quantitative estimate of drug-likeness (QED) is 0.704. The Kier molecular flexibility index (Phi) is 5.46. The van der Waals surface area contributed by atoms with Crippen LogP contribution < -0.4 is 5.63 Å². The van der Waals surface area contributed by atoms with Gasteiger partial charge in [-0.05, 0) is 49.7 Å². The van der Waals surface area contributed by atoms with Crippen molar-refractivity contribution in [2.24, 2.45) is 0 Å². The largest absolute Gasteiger partial charge is 0.508 e. The van der Waals surface area contributed by atoms with Gasteiger partial charge in [0, 0.05) is 43.2 Å². The Bertz CT molecular complexity index is 1010. The summed E-state index contributed by atoms with van der Waals surface area (Å²) in [6, 6.07) is 15.7. The van der Waals surface area contributed by atoms with E-state index < -0.39 is 0 Å². The van der Waals surface area contributed by atoms with Gasteiger partial charge < -0.3 is 9.52 Å². The Morgan fingerprint density at radius 2 is 1.68 bits per heavy atom. The standard InChI is InChI=1S/C23H26N2O3/c1-17-21(26)9-8-20-19(14-22(27)28-23(17)20)16-25-11-5-10-24(12-13-25)15-18-6-3-2-4-7-18/h2-4,6-9,14,26H,5,10-13,15-16H2,1H3. The van der Waals surface area contributed by atoms with Gasteiger partial charge in [0.1, 0.15) is 11.3 Å². The van der Waals surface area contributed by atoms with Crippen LogP contribution in [0.15, 0.2) is 57.7 Å². The minimum atomic E-state index is -0.364. The lowest BCUT2D eigenvalue weighted by molar-refractivity contribution is 0.247. The number of aromatic hydroxyl groups is 1. The molecule has 3 aromatic rings. The number of nitrogens with zero attached hydrogens (tertiary/aromatic N) is 2. The summed E-state index contributed by atoms with van der Waals surface area (Å²) in [5.74, 6) is 0.152. The molecular weight excluding hydrogens is 352 g/mol. The summed E-state index contributed by atoms with van der Waals surface area (Å²) in [7, 11) is 0. The predicted octanol–water partition coefficient (Wildman–Crippen LogP) is 3.51. The van der Waals surface area contributed by atoms with Crippen molar-refractivity contribution >= 4 is 11.0 Å². The molecule has 5 heteroatoms. The zero-order valence-corrected chi connectivity index (χ0v) is 16.2. The van der Waals surface area contributed by atoms with E-state index in [1.807, 2.05) is 6.07 Å². The molecule has 2 aromatic carbocycles. The number of rotatable bonds is 4. The molecule has 0 aliphatic carbocycles. The molecule has 2 heterocycles. The van der Waals surface area contributed by atoms with Crippen molar-refractivity contribution in [2.75, 3.05) is 26.2 Å². The third-order valence-electron chi connectivity index (χ3n) is 5.54. The summed E-state index contributed by atoms with van der Waals surface area (Å²) in [4.78, 5) is 17.0. The maximum Gasteiger partial charge on any atom is 0.336 e. The number of phenolic OH excluding ortho intramolecular Hbond substituents is 1. The Hall–Kier alpha value is -2.63. The summed E-state index contributed by atoms with van der Waals surface area (Å²) in [5, 5.41) is 10.8. The molecule has 0 saturated carbocycles. The van der Waals surface area contributed by atoms with E-state index in [-0.39, 0.29) is 11.4 Å². The van der Waals surface area contributed by atoms with E-state index >= 15 is 0 Å². The summed E-state index contributed by atoms with van der Waals surface area (Å²) >= 11 is 0. The summed E-state index contributed by atoms with van der Waals surface area (Å²) in [6.45, 7) is 7.52. The molecule has 0 spiro atoms. The van der Waals surface area contributed by atoms with E-state index in [1.54, 1.807) is 19.1 Å². The van der Waals surface area contributed by atoms with Crippen molar-refractivity contribution in [3.05, 3.63) is 75.6 Å². The van der Waals surface area contributed by atoms with Crippen molar-refractivity contribution in [3.8, 4) is 5.75 Å². The zero-order chi connectivity index (χ0) is 19.5. The van der Waals surface area contributed by atoms with Gasteiger partial charge in [0.25, 0.3) is 0 Å². The fourth-order valence-electron chi connectivity index (χ4n) is 3.97. The Morgan fingerprint density at radius 1 is 0.964 bits per heavy atom. The Morgan fingerprint density at radius 3 is 2.43 bits per heavy atom. The minimum absolute atomic E-state index is 0.152. The average molecular weight is 378 g/mol. The molecule has 0 radical (unpaired) electrons. The minimum Gasteiger partial charge on any atom is -0.508 e. The van der Waals surface area contributed by atoms with Gasteiger partial charge in [-0.3, -0.25) is 9.80 Å². The van der Waals surface area contributed by atoms with E-state index in [1.165, 1.54) is 5.56 Å². The van der Waals surface area contributed by atoms with E-state index in [0.29, 0.717) is 17.7 Å². The first-order valence-electron chi connectivity index (χ1n) is 9.84. The summed E-state index contributed by atoms with van der Waals surface area (Å²) < 4.78 is 5.37. The monoisotopic (exact) mass is 378 g/mol. The van der Waals surface area contributed by atoms with E-state index in [4.69, 9.17) is 4.42 Å². The second-order valence-electron chi connectivity index (χ2n) is 7.57. The first-order chi connectivity index (χ1) is 13.6. The van der Waals surface area contributed by atoms with Gasteiger partial charge in [0.15, 0.2) is 0 Å². The average Bonchev–Trinajstić information content (AvgIpc) is 2.91. The summed E-state index contributed by atoms with van der Waals surface area (Å²) in [6.07, 6.45) is 1.10. The van der Waals surface area contributed by atoms with Crippen LogP contribution in [0.3, 0.4) is 0 Å². The topological polar surface area (TPSA) is 56.9 Å². The van der Waals surface area contributed by atoms with Gasteiger partial charge in [-0.25, -0.2) is 4.79 Å². The number of benzene rings is 2. The molecule has 1 fully saturated rings. The van der Waals surface area contributed by atoms with Gasteiger partial charge in [0.2, 0.25) is 0 Å². The number of hydrogen-bond acceptors (Lipinski definition) is 5. The first kappa shape index (κ1) is 18.7. The fraction of sp³-hybridized carbons (Fsp3) is 0.348. The molecular formula is C23H26N2O3. The maximum absolute atomic E-state index is 12.1. The van der Waals surface area contributed by atoms with Crippen molar-refractivity contribution in [3.63, 3.8) is 0 Å². The Labute approximate surface area is 164 Å². The highest BCUT2D eigenvalue weighted by atomic mass is 16.4. The molecule has 1 aliphatic heterocycles. The number of aryl methyl sites for hydroxylation is 1. The lowest BCUT2D eigenvalue weighted by Gasteiger charge is -2.22. The SMILES string of the molecule is Cc1c(O)ccc2c(CN3CCCN(Cc4ccccc4)CC3)cc(=O)oc12. The predicted molar refractivity (Wildman–Crippen MR) is 110 cm³/mol. The van der Waals surface area contributed by atoms with E-state index in [9.17, 15) is 9.90 Å². The second-order valence-corrected chi connectivity index (χ2v) is 7.57. The van der Waals surface area contributed by atoms with Crippen LogP contribution in [0.4, 0.5) is 0 Å². The smallest absolute Gasteiger partial charge is 0.336 e. The van der Waals surface area contributed by atoms with Crippen molar-refractivity contribution < 1.29 is 9.52 Å². The Balaban J connectivity index is 1.49. The summed E-state index contributed by atoms with van der Waals surface area (Å²) in [5.41, 5.74) is 3.05. The molecule has 0 bridgehead atoms. The highest BCUT2D eigenvalue weighted by molar-refractivity contribution is 5.84. The number of hydrogen-bond donors (Lipinski definition) is 1. The van der Waals surface area contributed by atoms with Crippen LogP contribution in [0.5, 0.6) is 5.75 Å². The molecule has 1 aromatic heterocycles. The van der Waals surface area contributed by atoms with Crippen LogP contribution in [0.1, 0.15) is 23.1 Å².